The van der Waals surface area contributed by atoms with E-state index in [2.05, 4.69) is 27.4 Å². The van der Waals surface area contributed by atoms with Crippen molar-refractivity contribution >= 4 is 17.5 Å². The molecule has 0 amide bonds. The molecule has 1 N–H and O–H groups in total. The van der Waals surface area contributed by atoms with E-state index < -0.39 is 0 Å². The number of benzene rings is 1. The Hall–Kier alpha value is -2.28. The summed E-state index contributed by atoms with van der Waals surface area (Å²) < 4.78 is 12.6. The Bertz CT molecular complexity index is 659. The molecule has 0 saturated carbocycles. The minimum absolute atomic E-state index is 0.502. The van der Waals surface area contributed by atoms with Crippen molar-refractivity contribution in [3.63, 3.8) is 0 Å². The fourth-order valence-electron chi connectivity index (χ4n) is 1.98. The van der Waals surface area contributed by atoms with E-state index in [0.29, 0.717) is 42.2 Å². The van der Waals surface area contributed by atoms with Crippen LogP contribution in [0.2, 0.25) is 5.02 Å². The summed E-state index contributed by atoms with van der Waals surface area (Å²) in [5.74, 6) is 1.73. The van der Waals surface area contributed by atoms with E-state index in [9.17, 15) is 0 Å². The van der Waals surface area contributed by atoms with Gasteiger partial charge in [-0.05, 0) is 34.5 Å². The number of nitrogens with zero attached hydrogens (tertiary/aromatic N) is 4. The molecular formula is C15H20ClN5O2. The van der Waals surface area contributed by atoms with Crippen LogP contribution in [-0.4, -0.2) is 33.9 Å². The van der Waals surface area contributed by atoms with Crippen LogP contribution in [0.3, 0.4) is 0 Å². The van der Waals surface area contributed by atoms with Gasteiger partial charge in [0, 0.05) is 6.54 Å². The number of hydrogen-bond donors (Lipinski definition) is 1. The van der Waals surface area contributed by atoms with Crippen LogP contribution < -0.4 is 14.8 Å². The monoisotopic (exact) mass is 337 g/mol. The molecule has 23 heavy (non-hydrogen) atoms. The molecule has 1 heterocycles. The summed E-state index contributed by atoms with van der Waals surface area (Å²) >= 11 is 6.30. The minimum atomic E-state index is 0.502. The molecule has 1 aromatic heterocycles. The van der Waals surface area contributed by atoms with Crippen LogP contribution in [0.1, 0.15) is 18.9 Å². The molecule has 124 valence electrons. The lowest BCUT2D eigenvalue weighted by Gasteiger charge is -2.14. The standard InChI is InChI=1S/C15H20ClN5O2/c1-4-6-21-15(18-19-20-21)17-10-11-8-12(16)14(23-7-5-2)13(9-11)22-3/h4,8-9H,1,5-7,10H2,2-3H3,(H,17,18,20). The lowest BCUT2D eigenvalue weighted by Crippen LogP contribution is -2.08. The van der Waals surface area contributed by atoms with Crippen LogP contribution in [0.15, 0.2) is 24.8 Å². The lowest BCUT2D eigenvalue weighted by atomic mass is 10.2. The third-order valence-corrected chi connectivity index (χ3v) is 3.31. The maximum absolute atomic E-state index is 6.30. The quantitative estimate of drug-likeness (QED) is 0.709. The molecule has 0 bridgehead atoms. The van der Waals surface area contributed by atoms with Gasteiger partial charge in [0.2, 0.25) is 5.95 Å². The zero-order valence-electron chi connectivity index (χ0n) is 13.3. The Morgan fingerprint density at radius 2 is 2.26 bits per heavy atom. The zero-order valence-corrected chi connectivity index (χ0v) is 14.0. The topological polar surface area (TPSA) is 74.1 Å². The Kier molecular flexibility index (Phi) is 6.22. The summed E-state index contributed by atoms with van der Waals surface area (Å²) in [6, 6.07) is 3.72. The fraction of sp³-hybridized carbons (Fsp3) is 0.400. The third kappa shape index (κ3) is 4.35. The van der Waals surface area contributed by atoms with Crippen LogP contribution in [0.25, 0.3) is 0 Å². The van der Waals surface area contributed by atoms with Gasteiger partial charge in [-0.3, -0.25) is 0 Å². The number of halogens is 1. The van der Waals surface area contributed by atoms with Crippen molar-refractivity contribution < 1.29 is 9.47 Å². The summed E-state index contributed by atoms with van der Waals surface area (Å²) in [5, 5.41) is 15.1. The minimum Gasteiger partial charge on any atom is -0.493 e. The molecule has 0 unspecified atom stereocenters. The van der Waals surface area contributed by atoms with Crippen molar-refractivity contribution in [1.29, 1.82) is 0 Å². The van der Waals surface area contributed by atoms with Gasteiger partial charge >= 0.3 is 0 Å². The van der Waals surface area contributed by atoms with Crippen LogP contribution in [0.5, 0.6) is 11.5 Å². The van der Waals surface area contributed by atoms with Gasteiger partial charge in [0.1, 0.15) is 0 Å². The molecule has 8 heteroatoms. The first-order valence-corrected chi connectivity index (χ1v) is 7.67. The highest BCUT2D eigenvalue weighted by atomic mass is 35.5. The van der Waals surface area contributed by atoms with Crippen molar-refractivity contribution in [2.24, 2.45) is 0 Å². The van der Waals surface area contributed by atoms with Crippen molar-refractivity contribution in [3.8, 4) is 11.5 Å². The first-order valence-electron chi connectivity index (χ1n) is 7.29. The number of ether oxygens (including phenoxy) is 2. The molecule has 0 saturated heterocycles. The van der Waals surface area contributed by atoms with Gasteiger partial charge in [0.15, 0.2) is 11.5 Å². The molecule has 2 rings (SSSR count). The molecule has 0 aliphatic heterocycles. The summed E-state index contributed by atoms with van der Waals surface area (Å²) in [5.41, 5.74) is 0.934. The summed E-state index contributed by atoms with van der Waals surface area (Å²) in [6.07, 6.45) is 2.62. The summed E-state index contributed by atoms with van der Waals surface area (Å²) in [4.78, 5) is 0. The molecule has 7 nitrogen and oxygen atoms in total. The van der Waals surface area contributed by atoms with E-state index in [1.165, 1.54) is 0 Å². The van der Waals surface area contributed by atoms with Crippen molar-refractivity contribution in [3.05, 3.63) is 35.4 Å². The smallest absolute Gasteiger partial charge is 0.243 e. The second-order valence-electron chi connectivity index (χ2n) is 4.78. The Labute approximate surface area is 140 Å². The molecule has 0 fully saturated rings. The third-order valence-electron chi connectivity index (χ3n) is 3.02. The number of nitrogens with one attached hydrogen (secondary N) is 1. The summed E-state index contributed by atoms with van der Waals surface area (Å²) in [7, 11) is 1.59. The van der Waals surface area contributed by atoms with E-state index in [1.54, 1.807) is 17.9 Å². The van der Waals surface area contributed by atoms with Crippen molar-refractivity contribution in [2.45, 2.75) is 26.4 Å². The average molecular weight is 338 g/mol. The van der Waals surface area contributed by atoms with Crippen LogP contribution in [-0.2, 0) is 13.1 Å². The largest absolute Gasteiger partial charge is 0.493 e. The predicted molar refractivity (Wildman–Crippen MR) is 89.1 cm³/mol. The van der Waals surface area contributed by atoms with Gasteiger partial charge in [0.05, 0.1) is 25.3 Å². The van der Waals surface area contributed by atoms with Crippen LogP contribution in [0.4, 0.5) is 5.95 Å². The normalized spacial score (nSPS) is 10.4. The Morgan fingerprint density at radius 1 is 1.43 bits per heavy atom. The van der Waals surface area contributed by atoms with Crippen molar-refractivity contribution in [2.75, 3.05) is 19.0 Å². The van der Waals surface area contributed by atoms with Crippen molar-refractivity contribution in [1.82, 2.24) is 20.2 Å². The fourth-order valence-corrected chi connectivity index (χ4v) is 2.26. The number of tetrazole rings is 1. The van der Waals surface area contributed by atoms with E-state index >= 15 is 0 Å². The zero-order chi connectivity index (χ0) is 16.7. The molecule has 0 aliphatic rings. The van der Waals surface area contributed by atoms with Crippen LogP contribution in [0, 0.1) is 0 Å². The van der Waals surface area contributed by atoms with Gasteiger partial charge in [0.25, 0.3) is 0 Å². The van der Waals surface area contributed by atoms with E-state index in [4.69, 9.17) is 21.1 Å². The predicted octanol–water partition coefficient (Wildman–Crippen LogP) is 2.92. The van der Waals surface area contributed by atoms with E-state index in [0.717, 1.165) is 12.0 Å². The molecular weight excluding hydrogens is 318 g/mol. The number of aromatic nitrogens is 4. The average Bonchev–Trinajstić information content (AvgIpc) is 2.99. The highest BCUT2D eigenvalue weighted by Gasteiger charge is 2.12. The molecule has 0 atom stereocenters. The highest BCUT2D eigenvalue weighted by Crippen LogP contribution is 2.36. The Morgan fingerprint density at radius 3 is 2.96 bits per heavy atom. The maximum Gasteiger partial charge on any atom is 0.243 e. The summed E-state index contributed by atoms with van der Waals surface area (Å²) in [6.45, 7) is 7.33. The molecule has 1 aromatic carbocycles. The van der Waals surface area contributed by atoms with Gasteiger partial charge in [-0.1, -0.05) is 29.7 Å². The number of methoxy groups -OCH3 is 1. The maximum atomic E-state index is 6.30. The van der Waals surface area contributed by atoms with Gasteiger partial charge in [-0.2, -0.15) is 0 Å². The van der Waals surface area contributed by atoms with E-state index in [-0.39, 0.29) is 0 Å². The SMILES string of the molecule is C=CCn1nnnc1NCc1cc(Cl)c(OCCC)c(OC)c1. The highest BCUT2D eigenvalue weighted by molar-refractivity contribution is 6.32. The second-order valence-corrected chi connectivity index (χ2v) is 5.19. The number of allylic oxidation sites excluding steroid dienone is 1. The second kappa shape index (κ2) is 8.38. The molecule has 0 aliphatic carbocycles. The van der Waals surface area contributed by atoms with Crippen LogP contribution >= 0.6 is 11.6 Å². The van der Waals surface area contributed by atoms with Gasteiger partial charge in [-0.25, -0.2) is 4.68 Å². The molecule has 0 spiro atoms. The molecule has 2 aromatic rings. The number of anilines is 1. The van der Waals surface area contributed by atoms with E-state index in [1.807, 2.05) is 19.1 Å². The Balaban J connectivity index is 2.12. The number of rotatable bonds is 9. The number of hydrogen-bond acceptors (Lipinski definition) is 6. The van der Waals surface area contributed by atoms with Gasteiger partial charge in [-0.15, -0.1) is 6.58 Å². The lowest BCUT2D eigenvalue weighted by molar-refractivity contribution is 0.294. The first-order chi connectivity index (χ1) is 11.2. The van der Waals surface area contributed by atoms with Gasteiger partial charge < -0.3 is 14.8 Å². The molecule has 0 radical (unpaired) electrons. The first kappa shape index (κ1) is 17.1.